The van der Waals surface area contributed by atoms with Crippen molar-refractivity contribution in [3.63, 3.8) is 0 Å². The van der Waals surface area contributed by atoms with Gasteiger partial charge in [-0.15, -0.1) is 0 Å². The van der Waals surface area contributed by atoms with E-state index in [-0.39, 0.29) is 24.2 Å². The zero-order chi connectivity index (χ0) is 21.3. The van der Waals surface area contributed by atoms with Crippen molar-refractivity contribution >= 4 is 22.9 Å². The molecule has 2 atom stereocenters. The number of nitrogens with zero attached hydrogens (tertiary/aromatic N) is 3. The average molecular weight is 409 g/mol. The smallest absolute Gasteiger partial charge is 0.303 e. The van der Waals surface area contributed by atoms with Crippen LogP contribution in [0.1, 0.15) is 29.0 Å². The van der Waals surface area contributed by atoms with Crippen LogP contribution in [0.4, 0.5) is 4.39 Å². The van der Waals surface area contributed by atoms with Crippen molar-refractivity contribution in [1.29, 1.82) is 0 Å². The van der Waals surface area contributed by atoms with Crippen LogP contribution in [0.15, 0.2) is 48.5 Å². The first-order chi connectivity index (χ1) is 14.4. The van der Waals surface area contributed by atoms with Crippen LogP contribution in [0.2, 0.25) is 0 Å². The summed E-state index contributed by atoms with van der Waals surface area (Å²) in [7, 11) is 1.95. The number of rotatable bonds is 5. The molecule has 2 aromatic carbocycles. The second kappa shape index (κ2) is 8.26. The van der Waals surface area contributed by atoms with Gasteiger partial charge in [-0.3, -0.25) is 9.59 Å². The van der Waals surface area contributed by atoms with Crippen LogP contribution in [0, 0.1) is 17.7 Å². The van der Waals surface area contributed by atoms with Gasteiger partial charge in [-0.2, -0.15) is 0 Å². The molecule has 0 bridgehead atoms. The molecule has 3 aromatic rings. The van der Waals surface area contributed by atoms with Crippen LogP contribution in [-0.2, 0) is 18.3 Å². The highest BCUT2D eigenvalue weighted by atomic mass is 19.1. The fraction of sp³-hybridized carbons (Fsp3) is 0.348. The fourth-order valence-corrected chi connectivity index (χ4v) is 4.41. The number of benzene rings is 2. The highest BCUT2D eigenvalue weighted by Gasteiger charge is 2.34. The van der Waals surface area contributed by atoms with Crippen LogP contribution >= 0.6 is 0 Å². The first-order valence-electron chi connectivity index (χ1n) is 10.1. The monoisotopic (exact) mass is 409 g/mol. The molecule has 1 fully saturated rings. The Morgan fingerprint density at radius 1 is 1.17 bits per heavy atom. The van der Waals surface area contributed by atoms with Crippen molar-refractivity contribution in [1.82, 2.24) is 14.5 Å². The second-order valence-corrected chi connectivity index (χ2v) is 7.95. The van der Waals surface area contributed by atoms with Crippen molar-refractivity contribution < 1.29 is 19.1 Å². The van der Waals surface area contributed by atoms with E-state index in [1.165, 1.54) is 18.2 Å². The number of piperidine rings is 1. The molecule has 0 aliphatic carbocycles. The summed E-state index contributed by atoms with van der Waals surface area (Å²) in [5.74, 6) is -0.713. The van der Waals surface area contributed by atoms with Gasteiger partial charge in [-0.05, 0) is 48.6 Å². The number of hydrogen-bond donors (Lipinski definition) is 1. The van der Waals surface area contributed by atoms with Gasteiger partial charge >= 0.3 is 5.97 Å². The highest BCUT2D eigenvalue weighted by molar-refractivity contribution is 5.94. The number of carbonyl (C=O) groups is 2. The predicted molar refractivity (Wildman–Crippen MR) is 111 cm³/mol. The van der Waals surface area contributed by atoms with E-state index in [1.54, 1.807) is 11.0 Å². The number of amides is 1. The summed E-state index contributed by atoms with van der Waals surface area (Å²) in [5.41, 5.74) is 2.23. The summed E-state index contributed by atoms with van der Waals surface area (Å²) in [6.45, 7) is 0.892. The quantitative estimate of drug-likeness (QED) is 0.700. The molecule has 1 amide bonds. The molecule has 1 saturated heterocycles. The molecule has 6 nitrogen and oxygen atoms in total. The van der Waals surface area contributed by atoms with E-state index >= 15 is 0 Å². The number of carboxylic acid groups (broad SMARTS) is 1. The minimum Gasteiger partial charge on any atom is -0.481 e. The molecule has 0 radical (unpaired) electrons. The summed E-state index contributed by atoms with van der Waals surface area (Å²) in [5, 5.41) is 9.36. The van der Waals surface area contributed by atoms with E-state index in [1.807, 2.05) is 35.9 Å². The number of aryl methyl sites for hydroxylation is 1. The maximum Gasteiger partial charge on any atom is 0.303 e. The summed E-state index contributed by atoms with van der Waals surface area (Å²) < 4.78 is 15.6. The Balaban J connectivity index is 1.58. The number of aromatic nitrogens is 2. The SMILES string of the molecule is Cn1c(C[C@H]2CN(C(=O)c3cccc(F)c3)CC[C@H]2CC(=O)O)nc2ccccc21. The van der Waals surface area contributed by atoms with E-state index in [0.29, 0.717) is 31.5 Å². The van der Waals surface area contributed by atoms with Crippen LogP contribution in [-0.4, -0.2) is 44.5 Å². The minimum atomic E-state index is -0.833. The second-order valence-electron chi connectivity index (χ2n) is 7.95. The fourth-order valence-electron chi connectivity index (χ4n) is 4.41. The van der Waals surface area contributed by atoms with Crippen LogP contribution < -0.4 is 0 Å². The lowest BCUT2D eigenvalue weighted by atomic mass is 9.80. The van der Waals surface area contributed by atoms with E-state index in [0.717, 1.165) is 16.9 Å². The number of aliphatic carboxylic acids is 1. The Hall–Kier alpha value is -3.22. The third kappa shape index (κ3) is 4.06. The standard InChI is InChI=1S/C23H24FN3O3/c1-26-20-8-3-2-7-19(20)25-21(26)12-17-14-27(10-9-15(17)13-22(28)29)23(30)16-5-4-6-18(24)11-16/h2-8,11,15,17H,9-10,12-14H2,1H3,(H,28,29)/t15-,17-/m0/s1. The molecule has 156 valence electrons. The number of hydrogen-bond acceptors (Lipinski definition) is 3. The van der Waals surface area contributed by atoms with E-state index in [2.05, 4.69) is 0 Å². The van der Waals surface area contributed by atoms with Gasteiger partial charge < -0.3 is 14.6 Å². The summed E-state index contributed by atoms with van der Waals surface area (Å²) >= 11 is 0. The predicted octanol–water partition coefficient (Wildman–Crippen LogP) is 3.51. The Labute approximate surface area is 173 Å². The van der Waals surface area contributed by atoms with Crippen molar-refractivity contribution in [2.45, 2.75) is 19.3 Å². The Bertz CT molecular complexity index is 1090. The van der Waals surface area contributed by atoms with E-state index in [4.69, 9.17) is 4.98 Å². The molecule has 4 rings (SSSR count). The number of para-hydroxylation sites is 2. The maximum atomic E-state index is 13.6. The Morgan fingerprint density at radius 2 is 1.97 bits per heavy atom. The maximum absolute atomic E-state index is 13.6. The minimum absolute atomic E-state index is 0.0390. The van der Waals surface area contributed by atoms with Gasteiger partial charge in [-0.1, -0.05) is 18.2 Å². The van der Waals surface area contributed by atoms with E-state index < -0.39 is 11.8 Å². The lowest BCUT2D eigenvalue weighted by Crippen LogP contribution is -2.45. The number of fused-ring (bicyclic) bond motifs is 1. The number of carbonyl (C=O) groups excluding carboxylic acids is 1. The van der Waals surface area contributed by atoms with Gasteiger partial charge in [0, 0.05) is 38.5 Å². The summed E-state index contributed by atoms with van der Waals surface area (Å²) in [6.07, 6.45) is 1.24. The Kier molecular flexibility index (Phi) is 5.53. The van der Waals surface area contributed by atoms with Gasteiger partial charge in [0.2, 0.25) is 0 Å². The summed E-state index contributed by atoms with van der Waals surface area (Å²) in [4.78, 5) is 30.7. The molecule has 0 spiro atoms. The number of carboxylic acids is 1. The zero-order valence-corrected chi connectivity index (χ0v) is 16.8. The molecule has 1 aliphatic heterocycles. The van der Waals surface area contributed by atoms with Crippen molar-refractivity contribution in [3.05, 3.63) is 65.7 Å². The number of halogens is 1. The van der Waals surface area contributed by atoms with Crippen molar-refractivity contribution in [3.8, 4) is 0 Å². The molecule has 2 heterocycles. The average Bonchev–Trinajstić information content (AvgIpc) is 3.04. The van der Waals surface area contributed by atoms with Crippen LogP contribution in [0.25, 0.3) is 11.0 Å². The third-order valence-corrected chi connectivity index (χ3v) is 6.01. The number of likely N-dealkylation sites (tertiary alicyclic amines) is 1. The van der Waals surface area contributed by atoms with Crippen LogP contribution in [0.5, 0.6) is 0 Å². The Morgan fingerprint density at radius 3 is 2.70 bits per heavy atom. The number of imidazole rings is 1. The molecule has 1 aliphatic rings. The molecule has 0 saturated carbocycles. The van der Waals surface area contributed by atoms with Crippen LogP contribution in [0.3, 0.4) is 0 Å². The van der Waals surface area contributed by atoms with Gasteiger partial charge in [0.05, 0.1) is 11.0 Å². The third-order valence-electron chi connectivity index (χ3n) is 6.01. The molecule has 30 heavy (non-hydrogen) atoms. The van der Waals surface area contributed by atoms with Crippen molar-refractivity contribution in [2.75, 3.05) is 13.1 Å². The summed E-state index contributed by atoms with van der Waals surface area (Å²) in [6, 6.07) is 13.5. The molecular formula is C23H24FN3O3. The lowest BCUT2D eigenvalue weighted by molar-refractivity contribution is -0.139. The molecule has 1 N–H and O–H groups in total. The normalized spacial score (nSPS) is 19.2. The van der Waals surface area contributed by atoms with E-state index in [9.17, 15) is 19.1 Å². The first-order valence-corrected chi connectivity index (χ1v) is 10.1. The molecule has 1 aromatic heterocycles. The van der Waals surface area contributed by atoms with Gasteiger partial charge in [0.15, 0.2) is 0 Å². The van der Waals surface area contributed by atoms with Crippen molar-refractivity contribution in [2.24, 2.45) is 18.9 Å². The largest absolute Gasteiger partial charge is 0.481 e. The molecule has 7 heteroatoms. The van der Waals surface area contributed by atoms with Gasteiger partial charge in [0.1, 0.15) is 11.6 Å². The molecule has 0 unspecified atom stereocenters. The highest BCUT2D eigenvalue weighted by Crippen LogP contribution is 2.31. The molecular weight excluding hydrogens is 385 g/mol. The topological polar surface area (TPSA) is 75.4 Å². The van der Waals surface area contributed by atoms with Gasteiger partial charge in [0.25, 0.3) is 5.91 Å². The zero-order valence-electron chi connectivity index (χ0n) is 16.8. The van der Waals surface area contributed by atoms with Gasteiger partial charge in [-0.25, -0.2) is 9.37 Å². The lowest BCUT2D eigenvalue weighted by Gasteiger charge is -2.38. The first kappa shape index (κ1) is 20.1.